The molecule has 2 heterocycles. The van der Waals surface area contributed by atoms with E-state index in [2.05, 4.69) is 72.6 Å². The Kier molecular flexibility index (Phi) is 4.98. The van der Waals surface area contributed by atoms with E-state index >= 15 is 0 Å². The van der Waals surface area contributed by atoms with Crippen LogP contribution in [0.5, 0.6) is 11.5 Å². The summed E-state index contributed by atoms with van der Waals surface area (Å²) < 4.78 is 10.9. The first-order valence-electron chi connectivity index (χ1n) is 10.6. The van der Waals surface area contributed by atoms with Crippen LogP contribution >= 0.6 is 0 Å². The summed E-state index contributed by atoms with van der Waals surface area (Å²) in [4.78, 5) is 9.47. The van der Waals surface area contributed by atoms with Crippen LogP contribution in [0.1, 0.15) is 27.8 Å². The Bertz CT molecular complexity index is 1330. The van der Waals surface area contributed by atoms with E-state index < -0.39 is 5.54 Å². The normalized spacial score (nSPS) is 16.6. The highest BCUT2D eigenvalue weighted by Crippen LogP contribution is 2.46. The number of ether oxygens (including phenoxy) is 2. The summed E-state index contributed by atoms with van der Waals surface area (Å²) >= 11 is 0. The van der Waals surface area contributed by atoms with E-state index in [-0.39, 0.29) is 0 Å². The molecule has 1 atom stereocenters. The lowest BCUT2D eigenvalue weighted by Crippen LogP contribution is -2.25. The molecule has 1 aromatic heterocycles. The third-order valence-electron chi connectivity index (χ3n) is 6.12. The zero-order valence-electron chi connectivity index (χ0n) is 18.4. The molecule has 5 rings (SSSR count). The summed E-state index contributed by atoms with van der Waals surface area (Å²) in [5, 5.41) is 0. The van der Waals surface area contributed by atoms with E-state index in [1.54, 1.807) is 20.4 Å². The number of hydrogen-bond acceptors (Lipinski definition) is 4. The fourth-order valence-corrected chi connectivity index (χ4v) is 4.52. The lowest BCUT2D eigenvalue weighted by Gasteiger charge is -2.30. The standard InChI is InChI=1S/C28H24N2O2/c1-19-13-24(11-12-27(19)32-3)28(26-10-5-4-7-21(26)17-30-28)23-9-6-8-20(14-23)22-15-25(31-2)18-29-16-22/h4-18H,1-3H3. The molecule has 0 saturated carbocycles. The van der Waals surface area contributed by atoms with Crippen LogP contribution in [-0.4, -0.2) is 25.4 Å². The highest BCUT2D eigenvalue weighted by molar-refractivity contribution is 5.89. The van der Waals surface area contributed by atoms with Gasteiger partial charge in [-0.1, -0.05) is 48.5 Å². The van der Waals surface area contributed by atoms with Gasteiger partial charge in [0.25, 0.3) is 0 Å². The minimum atomic E-state index is -0.629. The molecule has 1 aliphatic heterocycles. The zero-order valence-corrected chi connectivity index (χ0v) is 18.4. The van der Waals surface area contributed by atoms with Crippen molar-refractivity contribution in [2.75, 3.05) is 14.2 Å². The van der Waals surface area contributed by atoms with E-state index in [0.29, 0.717) is 0 Å². The Hall–Kier alpha value is -3.92. The molecular formula is C28H24N2O2. The minimum absolute atomic E-state index is 0.629. The maximum atomic E-state index is 5.51. The number of aryl methyl sites for hydroxylation is 1. The van der Waals surface area contributed by atoms with Crippen molar-refractivity contribution < 1.29 is 9.47 Å². The second-order valence-electron chi connectivity index (χ2n) is 7.93. The first-order chi connectivity index (χ1) is 15.7. The van der Waals surface area contributed by atoms with E-state index in [1.807, 2.05) is 24.5 Å². The van der Waals surface area contributed by atoms with Gasteiger partial charge < -0.3 is 9.47 Å². The second kappa shape index (κ2) is 7.97. The number of nitrogens with zero attached hydrogens (tertiary/aromatic N) is 2. The maximum Gasteiger partial charge on any atom is 0.137 e. The van der Waals surface area contributed by atoms with Crippen LogP contribution in [-0.2, 0) is 5.54 Å². The molecule has 4 heteroatoms. The lowest BCUT2D eigenvalue weighted by atomic mass is 9.76. The molecule has 0 saturated heterocycles. The smallest absolute Gasteiger partial charge is 0.137 e. The second-order valence-corrected chi connectivity index (χ2v) is 7.93. The molecule has 4 nitrogen and oxygen atoms in total. The topological polar surface area (TPSA) is 43.7 Å². The minimum Gasteiger partial charge on any atom is -0.496 e. The fourth-order valence-electron chi connectivity index (χ4n) is 4.52. The Labute approximate surface area is 188 Å². The molecule has 0 spiro atoms. The fraction of sp³-hybridized carbons (Fsp3) is 0.143. The average Bonchev–Trinajstić information content (AvgIpc) is 3.25. The largest absolute Gasteiger partial charge is 0.496 e. The van der Waals surface area contributed by atoms with Gasteiger partial charge in [0, 0.05) is 18.0 Å². The van der Waals surface area contributed by atoms with Crippen molar-refractivity contribution in [2.45, 2.75) is 12.5 Å². The number of pyridine rings is 1. The van der Waals surface area contributed by atoms with Crippen molar-refractivity contribution in [3.8, 4) is 22.6 Å². The summed E-state index contributed by atoms with van der Waals surface area (Å²) in [5.41, 5.74) is 7.04. The number of fused-ring (bicyclic) bond motifs is 1. The first kappa shape index (κ1) is 20.0. The Balaban J connectivity index is 1.73. The quantitative estimate of drug-likeness (QED) is 0.410. The molecule has 0 N–H and O–H groups in total. The van der Waals surface area contributed by atoms with Crippen LogP contribution in [0.2, 0.25) is 0 Å². The molecule has 32 heavy (non-hydrogen) atoms. The predicted octanol–water partition coefficient (Wildman–Crippen LogP) is 5.80. The highest BCUT2D eigenvalue weighted by Gasteiger charge is 2.40. The van der Waals surface area contributed by atoms with Crippen LogP contribution in [0.3, 0.4) is 0 Å². The van der Waals surface area contributed by atoms with Crippen LogP contribution in [0.25, 0.3) is 11.1 Å². The third kappa shape index (κ3) is 3.16. The Morgan fingerprint density at radius 3 is 2.41 bits per heavy atom. The molecule has 0 aliphatic carbocycles. The number of aliphatic imine (C=N–C) groups is 1. The van der Waals surface area contributed by atoms with Crippen molar-refractivity contribution in [2.24, 2.45) is 4.99 Å². The van der Waals surface area contributed by atoms with Gasteiger partial charge in [-0.2, -0.15) is 0 Å². The number of hydrogen-bond donors (Lipinski definition) is 0. The summed E-state index contributed by atoms with van der Waals surface area (Å²) in [6, 6.07) is 25.3. The van der Waals surface area contributed by atoms with Crippen molar-refractivity contribution in [1.29, 1.82) is 0 Å². The molecular weight excluding hydrogens is 396 g/mol. The number of rotatable bonds is 5. The molecule has 3 aromatic carbocycles. The predicted molar refractivity (Wildman–Crippen MR) is 128 cm³/mol. The summed E-state index contributed by atoms with van der Waals surface area (Å²) in [7, 11) is 3.36. The molecule has 158 valence electrons. The molecule has 0 bridgehead atoms. The highest BCUT2D eigenvalue weighted by atomic mass is 16.5. The van der Waals surface area contributed by atoms with E-state index in [0.717, 1.165) is 44.9 Å². The molecule has 1 unspecified atom stereocenters. The van der Waals surface area contributed by atoms with Gasteiger partial charge >= 0.3 is 0 Å². The van der Waals surface area contributed by atoms with E-state index in [9.17, 15) is 0 Å². The molecule has 4 aromatic rings. The van der Waals surface area contributed by atoms with Gasteiger partial charge in [-0.25, -0.2) is 0 Å². The van der Waals surface area contributed by atoms with Gasteiger partial charge in [-0.3, -0.25) is 9.98 Å². The van der Waals surface area contributed by atoms with Crippen LogP contribution in [0, 0.1) is 6.92 Å². The Morgan fingerprint density at radius 1 is 0.750 bits per heavy atom. The number of benzene rings is 3. The van der Waals surface area contributed by atoms with Gasteiger partial charge in [0.2, 0.25) is 0 Å². The molecule has 0 radical (unpaired) electrons. The summed E-state index contributed by atoms with van der Waals surface area (Å²) in [5.74, 6) is 1.60. The van der Waals surface area contributed by atoms with E-state index in [4.69, 9.17) is 14.5 Å². The summed E-state index contributed by atoms with van der Waals surface area (Å²) in [6.45, 7) is 2.07. The Morgan fingerprint density at radius 2 is 1.59 bits per heavy atom. The van der Waals surface area contributed by atoms with Gasteiger partial charge in [0.15, 0.2) is 0 Å². The lowest BCUT2D eigenvalue weighted by molar-refractivity contribution is 0.411. The first-order valence-corrected chi connectivity index (χ1v) is 10.6. The third-order valence-corrected chi connectivity index (χ3v) is 6.12. The maximum absolute atomic E-state index is 5.51. The average molecular weight is 421 g/mol. The molecule has 0 fully saturated rings. The van der Waals surface area contributed by atoms with E-state index in [1.165, 1.54) is 5.56 Å². The van der Waals surface area contributed by atoms with Gasteiger partial charge in [0.1, 0.15) is 17.0 Å². The molecule has 1 aliphatic rings. The number of aromatic nitrogens is 1. The number of methoxy groups -OCH3 is 2. The van der Waals surface area contributed by atoms with Crippen molar-refractivity contribution in [3.63, 3.8) is 0 Å². The summed E-state index contributed by atoms with van der Waals surface area (Å²) in [6.07, 6.45) is 5.55. The van der Waals surface area contributed by atoms with Crippen molar-refractivity contribution in [3.05, 3.63) is 113 Å². The monoisotopic (exact) mass is 420 g/mol. The van der Waals surface area contributed by atoms with Crippen LogP contribution in [0.15, 0.2) is 90.2 Å². The van der Waals surface area contributed by atoms with Crippen molar-refractivity contribution >= 4 is 6.21 Å². The van der Waals surface area contributed by atoms with Crippen LogP contribution in [0.4, 0.5) is 0 Å². The van der Waals surface area contributed by atoms with Gasteiger partial charge in [0.05, 0.1) is 20.4 Å². The SMILES string of the molecule is COc1cncc(-c2cccc(C3(c4ccc(OC)c(C)c4)N=Cc4ccccc43)c2)c1. The molecule has 0 amide bonds. The zero-order chi connectivity index (χ0) is 22.1. The van der Waals surface area contributed by atoms with Gasteiger partial charge in [-0.05, 0) is 64.6 Å². The van der Waals surface area contributed by atoms with Gasteiger partial charge in [-0.15, -0.1) is 0 Å². The van der Waals surface area contributed by atoms with Crippen molar-refractivity contribution in [1.82, 2.24) is 4.98 Å². The van der Waals surface area contributed by atoms with Crippen LogP contribution < -0.4 is 9.47 Å².